The summed E-state index contributed by atoms with van der Waals surface area (Å²) in [5.41, 5.74) is 6.35. The highest BCUT2D eigenvalue weighted by molar-refractivity contribution is 6.07. The van der Waals surface area contributed by atoms with Crippen molar-refractivity contribution < 1.29 is 4.79 Å². The molecule has 30 heavy (non-hydrogen) atoms. The molecule has 5 rings (SSSR count). The molecule has 1 aliphatic rings. The molecular formula is C23H22N6O. The van der Waals surface area contributed by atoms with Gasteiger partial charge in [-0.3, -0.25) is 4.79 Å². The van der Waals surface area contributed by atoms with Crippen LogP contribution in [0, 0.1) is 13.8 Å². The van der Waals surface area contributed by atoms with Crippen LogP contribution in [0.3, 0.4) is 0 Å². The molecule has 4 aromatic rings. The molecule has 3 heterocycles. The van der Waals surface area contributed by atoms with E-state index < -0.39 is 6.04 Å². The fourth-order valence-electron chi connectivity index (χ4n) is 4.07. The van der Waals surface area contributed by atoms with Crippen LogP contribution in [-0.4, -0.2) is 25.7 Å². The minimum absolute atomic E-state index is 0.162. The van der Waals surface area contributed by atoms with Gasteiger partial charge in [-0.15, -0.1) is 0 Å². The van der Waals surface area contributed by atoms with Gasteiger partial charge in [-0.1, -0.05) is 30.3 Å². The second kappa shape index (κ2) is 6.88. The second-order valence-electron chi connectivity index (χ2n) is 7.59. The number of H-pyrrole nitrogens is 1. The van der Waals surface area contributed by atoms with Gasteiger partial charge in [0.05, 0.1) is 5.57 Å². The number of hydrogen-bond donors (Lipinski definition) is 3. The summed E-state index contributed by atoms with van der Waals surface area (Å²) in [4.78, 5) is 21.2. The number of allylic oxidation sites excluding steroid dienone is 1. The predicted molar refractivity (Wildman–Crippen MR) is 117 cm³/mol. The van der Waals surface area contributed by atoms with Crippen molar-refractivity contribution >= 4 is 28.4 Å². The Labute approximate surface area is 173 Å². The standard InChI is InChI=1S/C23H22N6O/c1-13-7-6-10-18(14(13)2)28-22(30)20-15(3)27-23-25-12-26-29(23)21(20)17-11-24-19-9-5-4-8-16(17)19/h4-12,21,24H,1-3H3,(H,28,30)(H,25,26,27)/t21-/m1/s1. The van der Waals surface area contributed by atoms with Crippen LogP contribution >= 0.6 is 0 Å². The highest BCUT2D eigenvalue weighted by Gasteiger charge is 2.34. The topological polar surface area (TPSA) is 87.6 Å². The quantitative estimate of drug-likeness (QED) is 0.480. The summed E-state index contributed by atoms with van der Waals surface area (Å²) in [6.07, 6.45) is 3.45. The Morgan fingerprint density at radius 3 is 2.80 bits per heavy atom. The van der Waals surface area contributed by atoms with Crippen LogP contribution in [-0.2, 0) is 4.79 Å². The molecule has 1 amide bonds. The van der Waals surface area contributed by atoms with Gasteiger partial charge in [0, 0.05) is 34.0 Å². The number of amides is 1. The largest absolute Gasteiger partial charge is 0.361 e. The third-order valence-corrected chi connectivity index (χ3v) is 5.81. The number of fused-ring (bicyclic) bond motifs is 2. The van der Waals surface area contributed by atoms with Gasteiger partial charge in [0.25, 0.3) is 5.91 Å². The van der Waals surface area contributed by atoms with E-state index >= 15 is 0 Å². The van der Waals surface area contributed by atoms with E-state index in [-0.39, 0.29) is 5.91 Å². The van der Waals surface area contributed by atoms with E-state index in [0.29, 0.717) is 11.5 Å². The number of aromatic amines is 1. The first-order valence-corrected chi connectivity index (χ1v) is 9.85. The lowest BCUT2D eigenvalue weighted by atomic mass is 9.94. The molecule has 1 atom stereocenters. The molecule has 7 nitrogen and oxygen atoms in total. The molecule has 0 radical (unpaired) electrons. The Bertz CT molecular complexity index is 1310. The number of nitrogens with one attached hydrogen (secondary N) is 3. The lowest BCUT2D eigenvalue weighted by molar-refractivity contribution is -0.113. The number of aryl methyl sites for hydroxylation is 1. The molecule has 0 saturated heterocycles. The van der Waals surface area contributed by atoms with E-state index in [2.05, 4.69) is 31.8 Å². The van der Waals surface area contributed by atoms with E-state index in [1.165, 1.54) is 6.33 Å². The van der Waals surface area contributed by atoms with Gasteiger partial charge in [-0.05, 0) is 44.0 Å². The normalized spacial score (nSPS) is 15.8. The van der Waals surface area contributed by atoms with E-state index in [1.807, 2.05) is 63.4 Å². The van der Waals surface area contributed by atoms with E-state index in [0.717, 1.165) is 39.0 Å². The Kier molecular flexibility index (Phi) is 4.17. The Hall–Kier alpha value is -3.87. The molecule has 0 fully saturated rings. The van der Waals surface area contributed by atoms with E-state index in [1.54, 1.807) is 4.68 Å². The molecule has 0 unspecified atom stereocenters. The van der Waals surface area contributed by atoms with Gasteiger partial charge < -0.3 is 15.6 Å². The minimum atomic E-state index is -0.398. The highest BCUT2D eigenvalue weighted by Crippen LogP contribution is 2.38. The lowest BCUT2D eigenvalue weighted by Crippen LogP contribution is -2.31. The van der Waals surface area contributed by atoms with Crippen molar-refractivity contribution in [2.24, 2.45) is 0 Å². The fraction of sp³-hybridized carbons (Fsp3) is 0.174. The molecular weight excluding hydrogens is 376 g/mol. The number of benzene rings is 2. The van der Waals surface area contributed by atoms with Crippen LogP contribution in [0.15, 0.2) is 66.3 Å². The molecule has 1 aliphatic heterocycles. The monoisotopic (exact) mass is 398 g/mol. The number of para-hydroxylation sites is 1. The maximum absolute atomic E-state index is 13.5. The van der Waals surface area contributed by atoms with Crippen LogP contribution in [0.4, 0.5) is 11.6 Å². The number of hydrogen-bond acceptors (Lipinski definition) is 4. The van der Waals surface area contributed by atoms with Gasteiger partial charge in [0.2, 0.25) is 5.95 Å². The number of carbonyl (C=O) groups excluding carboxylic acids is 1. The summed E-state index contributed by atoms with van der Waals surface area (Å²) in [5, 5.41) is 11.8. The zero-order valence-electron chi connectivity index (χ0n) is 17.0. The minimum Gasteiger partial charge on any atom is -0.361 e. The van der Waals surface area contributed by atoms with Crippen molar-refractivity contribution in [3.05, 3.63) is 82.9 Å². The Morgan fingerprint density at radius 2 is 1.93 bits per heavy atom. The van der Waals surface area contributed by atoms with Gasteiger partial charge in [0.1, 0.15) is 12.4 Å². The van der Waals surface area contributed by atoms with Crippen LogP contribution in [0.2, 0.25) is 0 Å². The summed E-state index contributed by atoms with van der Waals surface area (Å²) in [6.45, 7) is 5.95. The van der Waals surface area contributed by atoms with Gasteiger partial charge >= 0.3 is 0 Å². The average Bonchev–Trinajstić information content (AvgIpc) is 3.37. The summed E-state index contributed by atoms with van der Waals surface area (Å²) < 4.78 is 1.76. The molecule has 150 valence electrons. The fourth-order valence-corrected chi connectivity index (χ4v) is 4.07. The number of aromatic nitrogens is 4. The van der Waals surface area contributed by atoms with Crippen LogP contribution in [0.25, 0.3) is 10.9 Å². The number of carbonyl (C=O) groups is 1. The van der Waals surface area contributed by atoms with Crippen LogP contribution in [0.5, 0.6) is 0 Å². The summed E-state index contributed by atoms with van der Waals surface area (Å²) in [5.74, 6) is 0.455. The van der Waals surface area contributed by atoms with Crippen molar-refractivity contribution in [3.8, 4) is 0 Å². The molecule has 3 N–H and O–H groups in total. The second-order valence-corrected chi connectivity index (χ2v) is 7.59. The van der Waals surface area contributed by atoms with Crippen molar-refractivity contribution in [2.75, 3.05) is 10.6 Å². The first kappa shape index (κ1) is 18.2. The van der Waals surface area contributed by atoms with Crippen molar-refractivity contribution in [1.82, 2.24) is 19.7 Å². The van der Waals surface area contributed by atoms with Crippen molar-refractivity contribution in [1.29, 1.82) is 0 Å². The third-order valence-electron chi connectivity index (χ3n) is 5.81. The third kappa shape index (κ3) is 2.78. The first-order chi connectivity index (χ1) is 14.5. The van der Waals surface area contributed by atoms with Gasteiger partial charge in [-0.2, -0.15) is 10.1 Å². The first-order valence-electron chi connectivity index (χ1n) is 9.85. The van der Waals surface area contributed by atoms with Crippen LogP contribution < -0.4 is 10.6 Å². The Morgan fingerprint density at radius 1 is 1.10 bits per heavy atom. The zero-order chi connectivity index (χ0) is 20.8. The Balaban J connectivity index is 1.63. The summed E-state index contributed by atoms with van der Waals surface area (Å²) in [7, 11) is 0. The predicted octanol–water partition coefficient (Wildman–Crippen LogP) is 4.30. The number of rotatable bonds is 3. The lowest BCUT2D eigenvalue weighted by Gasteiger charge is -2.28. The molecule has 2 aromatic heterocycles. The molecule has 0 bridgehead atoms. The maximum Gasteiger partial charge on any atom is 0.255 e. The number of anilines is 2. The molecule has 0 spiro atoms. The van der Waals surface area contributed by atoms with Crippen molar-refractivity contribution in [3.63, 3.8) is 0 Å². The zero-order valence-corrected chi connectivity index (χ0v) is 17.0. The molecule has 0 saturated carbocycles. The van der Waals surface area contributed by atoms with E-state index in [4.69, 9.17) is 0 Å². The average molecular weight is 398 g/mol. The SMILES string of the molecule is CC1=C(C(=O)Nc2cccc(C)c2C)[C@@H](c2c[nH]c3ccccc23)n2ncnc2N1. The summed E-state index contributed by atoms with van der Waals surface area (Å²) in [6, 6.07) is 13.6. The summed E-state index contributed by atoms with van der Waals surface area (Å²) >= 11 is 0. The molecule has 2 aromatic carbocycles. The highest BCUT2D eigenvalue weighted by atomic mass is 16.1. The number of nitrogens with zero attached hydrogens (tertiary/aromatic N) is 3. The smallest absolute Gasteiger partial charge is 0.255 e. The van der Waals surface area contributed by atoms with E-state index in [9.17, 15) is 4.79 Å². The van der Waals surface area contributed by atoms with Gasteiger partial charge in [0.15, 0.2) is 0 Å². The maximum atomic E-state index is 13.5. The van der Waals surface area contributed by atoms with Gasteiger partial charge in [-0.25, -0.2) is 4.68 Å². The van der Waals surface area contributed by atoms with Crippen molar-refractivity contribution in [2.45, 2.75) is 26.8 Å². The van der Waals surface area contributed by atoms with Crippen LogP contribution in [0.1, 0.15) is 29.7 Å². The molecule has 0 aliphatic carbocycles. The molecule has 7 heteroatoms.